The SMILES string of the molecule is Cc1cc(F)cc(C)c1S(=O)(=O)N(CCC(=O)O)C1CC1. The van der Waals surface area contributed by atoms with Crippen LogP contribution in [0.25, 0.3) is 0 Å². The van der Waals surface area contributed by atoms with E-state index in [0.29, 0.717) is 11.1 Å². The number of carboxylic acids is 1. The maximum atomic E-state index is 13.3. The van der Waals surface area contributed by atoms with Crippen molar-refractivity contribution in [2.45, 2.75) is 44.0 Å². The molecule has 0 unspecified atom stereocenters. The standard InChI is InChI=1S/C14H18FNO4S/c1-9-7-11(15)8-10(2)14(9)21(19,20)16(12-3-4-12)6-5-13(17)18/h7-8,12H,3-6H2,1-2H3,(H,17,18). The molecule has 1 aromatic rings. The molecule has 0 heterocycles. The summed E-state index contributed by atoms with van der Waals surface area (Å²) < 4.78 is 40.2. The van der Waals surface area contributed by atoms with Gasteiger partial charge in [0.1, 0.15) is 5.82 Å². The maximum Gasteiger partial charge on any atom is 0.304 e. The lowest BCUT2D eigenvalue weighted by Crippen LogP contribution is -2.35. The number of aryl methyl sites for hydroxylation is 2. The smallest absolute Gasteiger partial charge is 0.304 e. The van der Waals surface area contributed by atoms with Gasteiger partial charge in [0.15, 0.2) is 0 Å². The second-order valence-electron chi connectivity index (χ2n) is 5.36. The normalized spacial score (nSPS) is 15.4. The number of rotatable bonds is 6. The molecule has 0 amide bonds. The molecule has 0 bridgehead atoms. The first-order chi connectivity index (χ1) is 9.73. The third-order valence-electron chi connectivity index (χ3n) is 3.49. The van der Waals surface area contributed by atoms with E-state index in [0.717, 1.165) is 12.8 Å². The number of aliphatic carboxylic acids is 1. The predicted octanol–water partition coefficient (Wildman–Crippen LogP) is 2.07. The summed E-state index contributed by atoms with van der Waals surface area (Å²) in [7, 11) is -3.81. The van der Waals surface area contributed by atoms with Crippen molar-refractivity contribution in [3.63, 3.8) is 0 Å². The molecule has 116 valence electrons. The molecule has 1 fully saturated rings. The molecule has 1 saturated carbocycles. The van der Waals surface area contributed by atoms with Gasteiger partial charge in [0, 0.05) is 12.6 Å². The first kappa shape index (κ1) is 15.9. The lowest BCUT2D eigenvalue weighted by atomic mass is 10.1. The Morgan fingerprint density at radius 1 is 1.33 bits per heavy atom. The average Bonchev–Trinajstić information content (AvgIpc) is 3.10. The molecule has 0 aromatic heterocycles. The molecule has 1 aliphatic carbocycles. The zero-order valence-electron chi connectivity index (χ0n) is 12.0. The highest BCUT2D eigenvalue weighted by Gasteiger charge is 2.39. The molecule has 0 spiro atoms. The second-order valence-corrected chi connectivity index (χ2v) is 7.19. The Morgan fingerprint density at radius 3 is 2.29 bits per heavy atom. The largest absolute Gasteiger partial charge is 0.481 e. The maximum absolute atomic E-state index is 13.3. The summed E-state index contributed by atoms with van der Waals surface area (Å²) in [5.41, 5.74) is 0.682. The Hall–Kier alpha value is -1.47. The van der Waals surface area contributed by atoms with Crippen LogP contribution in [0.3, 0.4) is 0 Å². The molecule has 1 aliphatic rings. The number of nitrogens with zero attached hydrogens (tertiary/aromatic N) is 1. The van der Waals surface area contributed by atoms with E-state index in [9.17, 15) is 17.6 Å². The van der Waals surface area contributed by atoms with Crippen molar-refractivity contribution in [1.29, 1.82) is 0 Å². The van der Waals surface area contributed by atoms with Gasteiger partial charge in [-0.2, -0.15) is 4.31 Å². The number of halogens is 1. The van der Waals surface area contributed by atoms with E-state index in [4.69, 9.17) is 5.11 Å². The van der Waals surface area contributed by atoms with Crippen molar-refractivity contribution in [2.75, 3.05) is 6.54 Å². The van der Waals surface area contributed by atoms with E-state index in [1.54, 1.807) is 13.8 Å². The first-order valence-corrected chi connectivity index (χ1v) is 8.18. The number of benzene rings is 1. The van der Waals surface area contributed by atoms with Gasteiger partial charge in [-0.1, -0.05) is 0 Å². The first-order valence-electron chi connectivity index (χ1n) is 6.74. The highest BCUT2D eigenvalue weighted by Crippen LogP contribution is 2.34. The lowest BCUT2D eigenvalue weighted by molar-refractivity contribution is -0.137. The van der Waals surface area contributed by atoms with E-state index in [1.165, 1.54) is 16.4 Å². The number of hydrogen-bond donors (Lipinski definition) is 1. The molecular formula is C14H18FNO4S. The van der Waals surface area contributed by atoms with Gasteiger partial charge in [0.2, 0.25) is 10.0 Å². The molecule has 5 nitrogen and oxygen atoms in total. The van der Waals surface area contributed by atoms with Gasteiger partial charge in [0.05, 0.1) is 11.3 Å². The van der Waals surface area contributed by atoms with Crippen molar-refractivity contribution >= 4 is 16.0 Å². The van der Waals surface area contributed by atoms with Crippen LogP contribution < -0.4 is 0 Å². The zero-order chi connectivity index (χ0) is 15.8. The minimum atomic E-state index is -3.81. The van der Waals surface area contributed by atoms with E-state index in [2.05, 4.69) is 0 Å². The van der Waals surface area contributed by atoms with E-state index in [-0.39, 0.29) is 23.9 Å². The average molecular weight is 315 g/mol. The van der Waals surface area contributed by atoms with Crippen LogP contribution in [0, 0.1) is 19.7 Å². The van der Waals surface area contributed by atoms with Crippen LogP contribution >= 0.6 is 0 Å². The summed E-state index contributed by atoms with van der Waals surface area (Å²) in [5.74, 6) is -1.52. The topological polar surface area (TPSA) is 74.7 Å². The Kier molecular flexibility index (Phi) is 4.34. The fraction of sp³-hybridized carbons (Fsp3) is 0.500. The Balaban J connectivity index is 2.41. The van der Waals surface area contributed by atoms with E-state index in [1.807, 2.05) is 0 Å². The molecule has 7 heteroatoms. The van der Waals surface area contributed by atoms with Crippen LogP contribution in [-0.4, -0.2) is 36.4 Å². The van der Waals surface area contributed by atoms with Gasteiger partial charge in [-0.05, 0) is 49.9 Å². The van der Waals surface area contributed by atoms with Crippen LogP contribution in [0.1, 0.15) is 30.4 Å². The zero-order valence-corrected chi connectivity index (χ0v) is 12.8. The minimum Gasteiger partial charge on any atom is -0.481 e. The van der Waals surface area contributed by atoms with Crippen molar-refractivity contribution in [1.82, 2.24) is 4.31 Å². The van der Waals surface area contributed by atoms with Crippen molar-refractivity contribution in [2.24, 2.45) is 0 Å². The highest BCUT2D eigenvalue weighted by atomic mass is 32.2. The number of carboxylic acid groups (broad SMARTS) is 1. The van der Waals surface area contributed by atoms with Crippen LogP contribution in [0.2, 0.25) is 0 Å². The van der Waals surface area contributed by atoms with Crippen LogP contribution in [-0.2, 0) is 14.8 Å². The van der Waals surface area contributed by atoms with Crippen molar-refractivity contribution in [3.8, 4) is 0 Å². The summed E-state index contributed by atoms with van der Waals surface area (Å²) in [6, 6.07) is 2.22. The fourth-order valence-corrected chi connectivity index (χ4v) is 4.59. The number of carbonyl (C=O) groups is 1. The molecule has 21 heavy (non-hydrogen) atoms. The molecule has 0 saturated heterocycles. The summed E-state index contributed by atoms with van der Waals surface area (Å²) in [4.78, 5) is 10.8. The summed E-state index contributed by atoms with van der Waals surface area (Å²) >= 11 is 0. The van der Waals surface area contributed by atoms with Crippen molar-refractivity contribution < 1.29 is 22.7 Å². The molecule has 1 aromatic carbocycles. The second kappa shape index (κ2) is 5.73. The lowest BCUT2D eigenvalue weighted by Gasteiger charge is -2.23. The molecular weight excluding hydrogens is 297 g/mol. The van der Waals surface area contributed by atoms with Gasteiger partial charge >= 0.3 is 5.97 Å². The van der Waals surface area contributed by atoms with Gasteiger partial charge < -0.3 is 5.11 Å². The van der Waals surface area contributed by atoms with Crippen LogP contribution in [0.15, 0.2) is 17.0 Å². The molecule has 0 aliphatic heterocycles. The highest BCUT2D eigenvalue weighted by molar-refractivity contribution is 7.89. The Morgan fingerprint density at radius 2 is 1.86 bits per heavy atom. The summed E-state index contributed by atoms with van der Waals surface area (Å²) in [6.45, 7) is 3.04. The van der Waals surface area contributed by atoms with Gasteiger partial charge in [0.25, 0.3) is 0 Å². The Labute approximate surface area is 123 Å². The van der Waals surface area contributed by atoms with E-state index >= 15 is 0 Å². The van der Waals surface area contributed by atoms with E-state index < -0.39 is 21.8 Å². The van der Waals surface area contributed by atoms with Gasteiger partial charge in [-0.15, -0.1) is 0 Å². The molecule has 0 radical (unpaired) electrons. The fourth-order valence-electron chi connectivity index (χ4n) is 2.49. The number of sulfonamides is 1. The van der Waals surface area contributed by atoms with Crippen molar-refractivity contribution in [3.05, 3.63) is 29.1 Å². The summed E-state index contributed by atoms with van der Waals surface area (Å²) in [6.07, 6.45) is 1.23. The third-order valence-corrected chi connectivity index (χ3v) is 5.75. The number of hydrogen-bond acceptors (Lipinski definition) is 3. The predicted molar refractivity (Wildman–Crippen MR) is 75.0 cm³/mol. The van der Waals surface area contributed by atoms with Crippen LogP contribution in [0.4, 0.5) is 4.39 Å². The molecule has 2 rings (SSSR count). The summed E-state index contributed by atoms with van der Waals surface area (Å²) in [5, 5.41) is 8.78. The third kappa shape index (κ3) is 3.41. The monoisotopic (exact) mass is 315 g/mol. The molecule has 0 atom stereocenters. The van der Waals surface area contributed by atoms with Crippen LogP contribution in [0.5, 0.6) is 0 Å². The van der Waals surface area contributed by atoms with Gasteiger partial charge in [-0.25, -0.2) is 12.8 Å². The molecule has 1 N–H and O–H groups in total. The van der Waals surface area contributed by atoms with Gasteiger partial charge in [-0.3, -0.25) is 4.79 Å². The minimum absolute atomic E-state index is 0.0570. The quantitative estimate of drug-likeness (QED) is 0.872. The Bertz CT molecular complexity index is 645.